The topological polar surface area (TPSA) is 16.8 Å². The van der Waals surface area contributed by atoms with Gasteiger partial charge in [-0.05, 0) is 23.6 Å². The Morgan fingerprint density at radius 2 is 1.87 bits per heavy atom. The molecule has 1 heterocycles. The van der Waals surface area contributed by atoms with Gasteiger partial charge in [0.25, 0.3) is 6.33 Å². The van der Waals surface area contributed by atoms with Gasteiger partial charge in [-0.15, -0.1) is 0 Å². The molecule has 0 unspecified atom stereocenters. The maximum absolute atomic E-state index is 4.08. The van der Waals surface area contributed by atoms with Gasteiger partial charge in [0, 0.05) is 6.07 Å². The molecule has 0 saturated carbocycles. The summed E-state index contributed by atoms with van der Waals surface area (Å²) in [4.78, 5) is 4.08. The molecule has 0 radical (unpaired) electrons. The minimum absolute atomic E-state index is 0.581. The Kier molecular flexibility index (Phi) is 2.77. The van der Waals surface area contributed by atoms with E-state index in [1.165, 1.54) is 5.56 Å². The third-order valence-corrected chi connectivity index (χ3v) is 2.47. The molecule has 0 spiro atoms. The lowest BCUT2D eigenvalue weighted by Gasteiger charge is -2.05. The first-order valence-electron chi connectivity index (χ1n) is 5.19. The molecule has 2 heteroatoms. The van der Waals surface area contributed by atoms with E-state index in [1.807, 2.05) is 23.2 Å². The molecule has 2 aromatic rings. The Hall–Kier alpha value is -1.70. The molecule has 15 heavy (non-hydrogen) atoms. The van der Waals surface area contributed by atoms with Crippen LogP contribution in [0, 0.1) is 0 Å². The first kappa shape index (κ1) is 9.84. The van der Waals surface area contributed by atoms with Crippen LogP contribution >= 0.6 is 0 Å². The molecule has 2 nitrogen and oxygen atoms in total. The predicted molar refractivity (Wildman–Crippen MR) is 59.9 cm³/mol. The van der Waals surface area contributed by atoms with Crippen molar-refractivity contribution < 1.29 is 4.57 Å². The molecule has 0 saturated heterocycles. The van der Waals surface area contributed by atoms with Crippen molar-refractivity contribution in [3.8, 4) is 5.69 Å². The van der Waals surface area contributed by atoms with Crippen LogP contribution in [0.25, 0.3) is 5.69 Å². The lowest BCUT2D eigenvalue weighted by molar-refractivity contribution is -0.599. The summed E-state index contributed by atoms with van der Waals surface area (Å²) in [6.07, 6.45) is 5.58. The summed E-state index contributed by atoms with van der Waals surface area (Å²) in [5.41, 5.74) is 2.51. The molecule has 0 fully saturated rings. The van der Waals surface area contributed by atoms with E-state index in [9.17, 15) is 0 Å². The molecule has 2 rings (SSSR count). The number of aromatic nitrogens is 2. The summed E-state index contributed by atoms with van der Waals surface area (Å²) in [7, 11) is 0. The van der Waals surface area contributed by atoms with Crippen LogP contribution in [0.2, 0.25) is 0 Å². The Labute approximate surface area is 90.2 Å². The third-order valence-electron chi connectivity index (χ3n) is 2.47. The van der Waals surface area contributed by atoms with Crippen LogP contribution in [0.5, 0.6) is 0 Å². The van der Waals surface area contributed by atoms with Gasteiger partial charge in [-0.25, -0.2) is 4.57 Å². The Bertz CT molecular complexity index is 418. The van der Waals surface area contributed by atoms with Crippen LogP contribution in [0.4, 0.5) is 0 Å². The van der Waals surface area contributed by atoms with Crippen molar-refractivity contribution in [2.75, 3.05) is 0 Å². The van der Waals surface area contributed by atoms with Gasteiger partial charge in [0.2, 0.25) is 0 Å². The maximum Gasteiger partial charge on any atom is 0.291 e. The fourth-order valence-electron chi connectivity index (χ4n) is 1.51. The highest BCUT2D eigenvalue weighted by Gasteiger charge is 2.02. The number of hydrogen-bond donors (Lipinski definition) is 0. The summed E-state index contributed by atoms with van der Waals surface area (Å²) in [6.45, 7) is 4.40. The lowest BCUT2D eigenvalue weighted by atomic mass is 10.0. The van der Waals surface area contributed by atoms with Crippen molar-refractivity contribution >= 4 is 0 Å². The first-order chi connectivity index (χ1) is 7.27. The molecule has 0 atom stereocenters. The highest BCUT2D eigenvalue weighted by atomic mass is 15.0. The number of rotatable bonds is 2. The van der Waals surface area contributed by atoms with E-state index >= 15 is 0 Å². The van der Waals surface area contributed by atoms with E-state index < -0.39 is 0 Å². The average molecular weight is 199 g/mol. The Balaban J connectivity index is 2.32. The molecule has 1 aromatic heterocycles. The zero-order chi connectivity index (χ0) is 10.7. The van der Waals surface area contributed by atoms with Crippen LogP contribution in [0.15, 0.2) is 49.1 Å². The minimum atomic E-state index is 0.581. The highest BCUT2D eigenvalue weighted by Crippen LogP contribution is 2.14. The number of hydrogen-bond acceptors (Lipinski definition) is 1. The molecule has 0 bridgehead atoms. The smallest absolute Gasteiger partial charge is 0.203 e. The maximum atomic E-state index is 4.08. The van der Waals surface area contributed by atoms with Crippen molar-refractivity contribution in [1.29, 1.82) is 0 Å². The quantitative estimate of drug-likeness (QED) is 0.679. The zero-order valence-electron chi connectivity index (χ0n) is 9.09. The van der Waals surface area contributed by atoms with Crippen LogP contribution in [0.1, 0.15) is 25.3 Å². The summed E-state index contributed by atoms with van der Waals surface area (Å²) >= 11 is 0. The van der Waals surface area contributed by atoms with Crippen LogP contribution in [-0.4, -0.2) is 4.98 Å². The molecule has 0 amide bonds. The molecule has 0 aliphatic rings. The monoisotopic (exact) mass is 199 g/mol. The summed E-state index contributed by atoms with van der Waals surface area (Å²) in [5.74, 6) is 0.581. The van der Waals surface area contributed by atoms with Gasteiger partial charge in [0.05, 0.1) is 6.20 Å². The van der Waals surface area contributed by atoms with Crippen molar-refractivity contribution in [1.82, 2.24) is 4.98 Å². The standard InChI is InChI=1S/C13H15N2/c1-11(2)12-4-6-13(7-5-12)15-9-3-8-14-10-15/h3-11H,1-2H3/q+1. The second kappa shape index (κ2) is 4.22. The van der Waals surface area contributed by atoms with Gasteiger partial charge in [0.1, 0.15) is 11.9 Å². The minimum Gasteiger partial charge on any atom is -0.203 e. The van der Waals surface area contributed by atoms with Gasteiger partial charge in [-0.2, -0.15) is 0 Å². The molecule has 0 aliphatic carbocycles. The second-order valence-electron chi connectivity index (χ2n) is 3.91. The second-order valence-corrected chi connectivity index (χ2v) is 3.91. The molecular formula is C13H15N2+. The van der Waals surface area contributed by atoms with Crippen LogP contribution < -0.4 is 4.57 Å². The molecule has 1 aromatic carbocycles. The lowest BCUT2D eigenvalue weighted by Crippen LogP contribution is -2.29. The van der Waals surface area contributed by atoms with Gasteiger partial charge >= 0.3 is 0 Å². The summed E-state index contributed by atoms with van der Waals surface area (Å²) in [6, 6.07) is 10.5. The van der Waals surface area contributed by atoms with Gasteiger partial charge in [0.15, 0.2) is 0 Å². The van der Waals surface area contributed by atoms with Crippen LogP contribution in [-0.2, 0) is 0 Å². The van der Waals surface area contributed by atoms with E-state index in [-0.39, 0.29) is 0 Å². The first-order valence-corrected chi connectivity index (χ1v) is 5.19. The predicted octanol–water partition coefficient (Wildman–Crippen LogP) is 2.48. The SMILES string of the molecule is CC(C)c1ccc(-[n+]2cccnc2)cc1. The Morgan fingerprint density at radius 1 is 1.13 bits per heavy atom. The van der Waals surface area contributed by atoms with E-state index in [4.69, 9.17) is 0 Å². The summed E-state index contributed by atoms with van der Waals surface area (Å²) < 4.78 is 2.00. The average Bonchev–Trinajstić information content (AvgIpc) is 2.30. The van der Waals surface area contributed by atoms with Gasteiger partial charge in [-0.3, -0.25) is 0 Å². The fourth-order valence-corrected chi connectivity index (χ4v) is 1.51. The van der Waals surface area contributed by atoms with Crippen molar-refractivity contribution in [3.63, 3.8) is 0 Å². The van der Waals surface area contributed by atoms with E-state index in [0.29, 0.717) is 5.92 Å². The van der Waals surface area contributed by atoms with Crippen molar-refractivity contribution in [2.24, 2.45) is 0 Å². The molecule has 0 N–H and O–H groups in total. The molecule has 76 valence electrons. The van der Waals surface area contributed by atoms with Crippen LogP contribution in [0.3, 0.4) is 0 Å². The van der Waals surface area contributed by atoms with E-state index in [2.05, 4.69) is 43.1 Å². The fraction of sp³-hybridized carbons (Fsp3) is 0.231. The Morgan fingerprint density at radius 3 is 2.40 bits per heavy atom. The normalized spacial score (nSPS) is 10.6. The number of benzene rings is 1. The zero-order valence-corrected chi connectivity index (χ0v) is 9.09. The summed E-state index contributed by atoms with van der Waals surface area (Å²) in [5, 5.41) is 0. The number of nitrogens with zero attached hydrogens (tertiary/aromatic N) is 2. The van der Waals surface area contributed by atoms with Gasteiger partial charge in [-0.1, -0.05) is 31.0 Å². The third kappa shape index (κ3) is 2.21. The van der Waals surface area contributed by atoms with Crippen molar-refractivity contribution in [3.05, 3.63) is 54.6 Å². The van der Waals surface area contributed by atoms with Gasteiger partial charge < -0.3 is 0 Å². The molecule has 0 aliphatic heterocycles. The van der Waals surface area contributed by atoms with E-state index in [0.717, 1.165) is 5.69 Å². The molecular weight excluding hydrogens is 184 g/mol. The van der Waals surface area contributed by atoms with Crippen molar-refractivity contribution in [2.45, 2.75) is 19.8 Å². The largest absolute Gasteiger partial charge is 0.291 e. The van der Waals surface area contributed by atoms with E-state index in [1.54, 1.807) is 6.20 Å². The highest BCUT2D eigenvalue weighted by molar-refractivity contribution is 5.28.